The largest absolute Gasteiger partial charge is 0.475 e. The Hall–Kier alpha value is -3.32. The minimum Gasteiger partial charge on any atom is -0.444 e. The van der Waals surface area contributed by atoms with Crippen LogP contribution in [0.1, 0.15) is 96.1 Å². The summed E-state index contributed by atoms with van der Waals surface area (Å²) in [5, 5.41) is 25.4. The molecule has 3 aliphatic heterocycles. The zero-order valence-electron chi connectivity index (χ0n) is 26.1. The molecule has 44 heavy (non-hydrogen) atoms. The number of nitrogens with zero attached hydrogens (tertiary/aromatic N) is 2. The van der Waals surface area contributed by atoms with E-state index in [0.717, 1.165) is 49.7 Å². The molecule has 242 valence electrons. The van der Waals surface area contributed by atoms with Crippen LogP contribution in [0.2, 0.25) is 0 Å². The molecule has 1 unspecified atom stereocenters. The van der Waals surface area contributed by atoms with E-state index in [0.29, 0.717) is 32.4 Å². The Labute approximate surface area is 260 Å². The molecular formula is C31H47BN4O8. The average molecular weight is 615 g/mol. The highest BCUT2D eigenvalue weighted by atomic mass is 16.6. The summed E-state index contributed by atoms with van der Waals surface area (Å²) < 4.78 is 11.3. The van der Waals surface area contributed by atoms with Gasteiger partial charge in [0.05, 0.1) is 12.5 Å². The minimum absolute atomic E-state index is 0.0392. The van der Waals surface area contributed by atoms with Crippen LogP contribution < -0.4 is 10.6 Å². The van der Waals surface area contributed by atoms with Gasteiger partial charge in [-0.25, -0.2) is 9.59 Å². The van der Waals surface area contributed by atoms with Crippen LogP contribution in [0.15, 0.2) is 24.3 Å². The van der Waals surface area contributed by atoms with Crippen LogP contribution in [-0.4, -0.2) is 87.2 Å². The van der Waals surface area contributed by atoms with E-state index in [4.69, 9.17) is 9.47 Å². The molecule has 0 bridgehead atoms. The number of carbonyl (C=O) groups excluding carboxylic acids is 4. The van der Waals surface area contributed by atoms with Gasteiger partial charge in [-0.05, 0) is 44.7 Å². The Morgan fingerprint density at radius 3 is 2.14 bits per heavy atom. The van der Waals surface area contributed by atoms with Crippen molar-refractivity contribution < 1.29 is 38.7 Å². The van der Waals surface area contributed by atoms with Gasteiger partial charge in [-0.2, -0.15) is 0 Å². The zero-order valence-corrected chi connectivity index (χ0v) is 26.1. The highest BCUT2D eigenvalue weighted by Gasteiger charge is 2.45. The number of amides is 4. The zero-order chi connectivity index (χ0) is 31.9. The normalized spacial score (nSPS) is 25.5. The van der Waals surface area contributed by atoms with Gasteiger partial charge in [0.25, 0.3) is 0 Å². The molecule has 4 rings (SSSR count). The third-order valence-corrected chi connectivity index (χ3v) is 8.40. The van der Waals surface area contributed by atoms with Gasteiger partial charge in [0, 0.05) is 19.5 Å². The van der Waals surface area contributed by atoms with E-state index in [1.807, 2.05) is 24.3 Å². The second-order valence-electron chi connectivity index (χ2n) is 13.2. The molecule has 12 nitrogen and oxygen atoms in total. The monoisotopic (exact) mass is 614 g/mol. The average Bonchev–Trinajstić information content (AvgIpc) is 3.57. The maximum Gasteiger partial charge on any atom is 0.475 e. The number of rotatable bonds is 3. The number of hydrogen-bond acceptors (Lipinski definition) is 8. The lowest BCUT2D eigenvalue weighted by Crippen LogP contribution is -2.56. The summed E-state index contributed by atoms with van der Waals surface area (Å²) in [5.41, 5.74) is 1.31. The summed E-state index contributed by atoms with van der Waals surface area (Å²) in [4.78, 5) is 56.5. The van der Waals surface area contributed by atoms with Crippen LogP contribution in [0, 0.1) is 0 Å². The number of alkyl carbamates (subject to hydrolysis) is 1. The Kier molecular flexibility index (Phi) is 11.5. The quantitative estimate of drug-likeness (QED) is 0.379. The van der Waals surface area contributed by atoms with Gasteiger partial charge < -0.3 is 35.1 Å². The van der Waals surface area contributed by atoms with Crippen molar-refractivity contribution in [2.24, 2.45) is 0 Å². The van der Waals surface area contributed by atoms with E-state index in [1.54, 1.807) is 25.7 Å². The summed E-state index contributed by atoms with van der Waals surface area (Å²) in [6, 6.07) is 5.77. The number of nitrogens with one attached hydrogen (secondary N) is 2. The molecule has 0 saturated carbocycles. The molecule has 4 amide bonds. The van der Waals surface area contributed by atoms with Crippen LogP contribution in [0.3, 0.4) is 0 Å². The molecule has 1 aromatic rings. The lowest BCUT2D eigenvalue weighted by Gasteiger charge is -2.30. The van der Waals surface area contributed by atoms with E-state index in [1.165, 1.54) is 4.90 Å². The fraction of sp³-hybridized carbons (Fsp3) is 0.677. The van der Waals surface area contributed by atoms with Crippen molar-refractivity contribution >= 4 is 31.1 Å². The highest BCUT2D eigenvalue weighted by molar-refractivity contribution is 6.43. The van der Waals surface area contributed by atoms with Gasteiger partial charge in [0.2, 0.25) is 11.8 Å². The first-order valence-electron chi connectivity index (χ1n) is 15.9. The first-order chi connectivity index (χ1) is 20.9. The maximum absolute atomic E-state index is 14.0. The van der Waals surface area contributed by atoms with Crippen molar-refractivity contribution in [2.45, 2.75) is 128 Å². The molecule has 4 atom stereocenters. The SMILES string of the molecule is CC(C)(C)OC(=O)N[C@H]1CCCCCCCCC[C@@H](B(O)O)NC(=O)C2C[C@@H](OC(=O)N3Cc4ccccc4C3)CN2C1=O. The minimum atomic E-state index is -1.77. The van der Waals surface area contributed by atoms with E-state index in [9.17, 15) is 29.2 Å². The fourth-order valence-corrected chi connectivity index (χ4v) is 6.13. The van der Waals surface area contributed by atoms with Gasteiger partial charge >= 0.3 is 19.3 Å². The lowest BCUT2D eigenvalue weighted by molar-refractivity contribution is -0.140. The molecule has 0 spiro atoms. The topological polar surface area (TPSA) is 158 Å². The molecule has 0 radical (unpaired) electrons. The van der Waals surface area contributed by atoms with Gasteiger partial charge in [-0.15, -0.1) is 0 Å². The highest BCUT2D eigenvalue weighted by Crippen LogP contribution is 2.27. The van der Waals surface area contributed by atoms with Crippen LogP contribution in [0.5, 0.6) is 0 Å². The lowest BCUT2D eigenvalue weighted by atomic mass is 9.76. The third kappa shape index (κ3) is 9.34. The Bertz CT molecular complexity index is 1150. The summed E-state index contributed by atoms with van der Waals surface area (Å²) in [6.07, 6.45) is 4.88. The van der Waals surface area contributed by atoms with Crippen LogP contribution in [0.4, 0.5) is 9.59 Å². The maximum atomic E-state index is 14.0. The fourth-order valence-electron chi connectivity index (χ4n) is 6.13. The van der Waals surface area contributed by atoms with Crippen molar-refractivity contribution in [1.82, 2.24) is 20.4 Å². The number of hydrogen-bond donors (Lipinski definition) is 4. The van der Waals surface area contributed by atoms with Gasteiger partial charge in [-0.3, -0.25) is 14.5 Å². The Balaban J connectivity index is 1.53. The van der Waals surface area contributed by atoms with Gasteiger partial charge in [0.1, 0.15) is 23.8 Å². The molecule has 1 aromatic carbocycles. The molecule has 2 saturated heterocycles. The standard InChI is InChI=1S/C31H47BN4O8/c1-31(2,3)44-29(39)33-24-15-9-7-5-4-6-8-10-16-26(32(41)42)34-27(37)25-17-23(20-36(25)28(24)38)43-30(40)35-18-21-13-11-12-14-22(21)19-35/h11-14,23-26,41-42H,4-10,15-20H2,1-3H3,(H,33,39)(H,34,37)/t23-,24+,25?,26+/m1/s1. The molecule has 0 aromatic heterocycles. The summed E-state index contributed by atoms with van der Waals surface area (Å²) in [7, 11) is -1.77. The van der Waals surface area contributed by atoms with Gasteiger partial charge in [-0.1, -0.05) is 69.2 Å². The molecule has 3 aliphatic rings. The third-order valence-electron chi connectivity index (χ3n) is 8.40. The number of fused-ring (bicyclic) bond motifs is 2. The molecule has 3 heterocycles. The summed E-state index contributed by atoms with van der Waals surface area (Å²) in [6.45, 7) is 5.98. The van der Waals surface area contributed by atoms with Crippen LogP contribution in [-0.2, 0) is 32.2 Å². The Morgan fingerprint density at radius 1 is 0.955 bits per heavy atom. The molecule has 13 heteroatoms. The van der Waals surface area contributed by atoms with Crippen molar-refractivity contribution in [3.05, 3.63) is 35.4 Å². The number of benzene rings is 1. The predicted octanol–water partition coefficient (Wildman–Crippen LogP) is 3.02. The first kappa shape index (κ1) is 33.6. The second kappa shape index (κ2) is 15.1. The van der Waals surface area contributed by atoms with Crippen LogP contribution in [0.25, 0.3) is 0 Å². The summed E-state index contributed by atoms with van der Waals surface area (Å²) in [5.74, 6) is -1.95. The van der Waals surface area contributed by atoms with Crippen molar-refractivity contribution in [3.8, 4) is 0 Å². The first-order valence-corrected chi connectivity index (χ1v) is 15.9. The molecule has 0 aliphatic carbocycles. The second-order valence-corrected chi connectivity index (χ2v) is 13.2. The van der Waals surface area contributed by atoms with Gasteiger partial charge in [0.15, 0.2) is 0 Å². The van der Waals surface area contributed by atoms with Crippen molar-refractivity contribution in [2.75, 3.05) is 6.54 Å². The van der Waals surface area contributed by atoms with E-state index in [-0.39, 0.29) is 13.0 Å². The van der Waals surface area contributed by atoms with E-state index in [2.05, 4.69) is 10.6 Å². The smallest absolute Gasteiger partial charge is 0.444 e. The van der Waals surface area contributed by atoms with Crippen LogP contribution >= 0.6 is 0 Å². The molecular weight excluding hydrogens is 567 g/mol. The molecule has 2 fully saturated rings. The number of ether oxygens (including phenoxy) is 2. The van der Waals surface area contributed by atoms with E-state index < -0.39 is 60.8 Å². The predicted molar refractivity (Wildman–Crippen MR) is 163 cm³/mol. The number of carbonyl (C=O) groups is 4. The van der Waals surface area contributed by atoms with E-state index >= 15 is 0 Å². The van der Waals surface area contributed by atoms with Crippen molar-refractivity contribution in [1.29, 1.82) is 0 Å². The van der Waals surface area contributed by atoms with Crippen molar-refractivity contribution in [3.63, 3.8) is 0 Å². The summed E-state index contributed by atoms with van der Waals surface area (Å²) >= 11 is 0. The Morgan fingerprint density at radius 2 is 1.55 bits per heavy atom. The molecule has 4 N–H and O–H groups in total.